The van der Waals surface area contributed by atoms with Crippen LogP contribution in [0.15, 0.2) is 16.6 Å². The van der Waals surface area contributed by atoms with Crippen molar-refractivity contribution in [2.24, 2.45) is 0 Å². The maximum absolute atomic E-state index is 14.2. The van der Waals surface area contributed by atoms with E-state index < -0.39 is 11.6 Å². The molecule has 2 atom stereocenters. The van der Waals surface area contributed by atoms with Gasteiger partial charge in [-0.05, 0) is 25.0 Å². The number of rotatable bonds is 4. The summed E-state index contributed by atoms with van der Waals surface area (Å²) in [6.07, 6.45) is 2.95. The first-order chi connectivity index (χ1) is 9.56. The Hall–Kier alpha value is -0.680. The number of benzene rings is 1. The van der Waals surface area contributed by atoms with Gasteiger partial charge in [-0.2, -0.15) is 0 Å². The van der Waals surface area contributed by atoms with Crippen molar-refractivity contribution in [3.63, 3.8) is 0 Å². The minimum atomic E-state index is -0.493. The predicted octanol–water partition coefficient (Wildman–Crippen LogP) is 4.08. The van der Waals surface area contributed by atoms with Crippen LogP contribution >= 0.6 is 15.9 Å². The number of hydrogen-bond acceptors (Lipinski definition) is 2. The summed E-state index contributed by atoms with van der Waals surface area (Å²) < 4.78 is 28.8. The first kappa shape index (κ1) is 15.7. The molecule has 112 valence electrons. The highest BCUT2D eigenvalue weighted by Crippen LogP contribution is 2.30. The molecule has 1 fully saturated rings. The van der Waals surface area contributed by atoms with E-state index in [0.717, 1.165) is 25.8 Å². The van der Waals surface area contributed by atoms with Crippen molar-refractivity contribution >= 4 is 21.6 Å². The lowest BCUT2D eigenvalue weighted by atomic mass is 10.0. The molecule has 1 saturated heterocycles. The van der Waals surface area contributed by atoms with Gasteiger partial charge in [0.05, 0.1) is 0 Å². The number of nitrogens with one attached hydrogen (secondary N) is 1. The zero-order valence-electron chi connectivity index (χ0n) is 11.9. The molecule has 1 heterocycles. The van der Waals surface area contributed by atoms with E-state index in [1.165, 1.54) is 12.1 Å². The molecule has 0 amide bonds. The van der Waals surface area contributed by atoms with Crippen LogP contribution in [0.25, 0.3) is 0 Å². The molecular weight excluding hydrogens is 326 g/mol. The van der Waals surface area contributed by atoms with Gasteiger partial charge < -0.3 is 10.2 Å². The van der Waals surface area contributed by atoms with Gasteiger partial charge in [0.15, 0.2) is 11.6 Å². The SMILES string of the molecule is CCCC1CN(c2c(F)cc(Br)cc2F)C(CC)CN1. The van der Waals surface area contributed by atoms with Crippen molar-refractivity contribution in [1.82, 2.24) is 5.32 Å². The summed E-state index contributed by atoms with van der Waals surface area (Å²) >= 11 is 3.13. The van der Waals surface area contributed by atoms with E-state index in [9.17, 15) is 8.78 Å². The van der Waals surface area contributed by atoms with Gasteiger partial charge in [0.25, 0.3) is 0 Å². The lowest BCUT2D eigenvalue weighted by Gasteiger charge is -2.42. The Labute approximate surface area is 127 Å². The number of halogens is 3. The molecule has 1 N–H and O–H groups in total. The molecule has 5 heteroatoms. The second-order valence-corrected chi connectivity index (χ2v) is 6.24. The zero-order valence-corrected chi connectivity index (χ0v) is 13.5. The lowest BCUT2D eigenvalue weighted by Crippen LogP contribution is -2.56. The third-order valence-electron chi connectivity index (χ3n) is 3.88. The number of piperazine rings is 1. The second-order valence-electron chi connectivity index (χ2n) is 5.33. The van der Waals surface area contributed by atoms with Gasteiger partial charge in [-0.3, -0.25) is 0 Å². The maximum atomic E-state index is 14.2. The molecule has 0 bridgehead atoms. The van der Waals surface area contributed by atoms with Crippen LogP contribution in [0.4, 0.5) is 14.5 Å². The van der Waals surface area contributed by atoms with E-state index in [-0.39, 0.29) is 11.7 Å². The number of hydrogen-bond donors (Lipinski definition) is 1. The molecule has 20 heavy (non-hydrogen) atoms. The van der Waals surface area contributed by atoms with E-state index in [1.807, 2.05) is 11.8 Å². The average Bonchev–Trinajstić information content (AvgIpc) is 2.38. The molecule has 0 spiro atoms. The van der Waals surface area contributed by atoms with E-state index >= 15 is 0 Å². The van der Waals surface area contributed by atoms with Crippen LogP contribution < -0.4 is 10.2 Å². The fourth-order valence-corrected chi connectivity index (χ4v) is 3.26. The van der Waals surface area contributed by atoms with Gasteiger partial charge in [-0.15, -0.1) is 0 Å². The smallest absolute Gasteiger partial charge is 0.150 e. The van der Waals surface area contributed by atoms with E-state index in [1.54, 1.807) is 0 Å². The lowest BCUT2D eigenvalue weighted by molar-refractivity contribution is 0.362. The molecule has 0 aromatic heterocycles. The third-order valence-corrected chi connectivity index (χ3v) is 4.34. The van der Waals surface area contributed by atoms with Crippen LogP contribution in [0.3, 0.4) is 0 Å². The van der Waals surface area contributed by atoms with Crippen LogP contribution in [-0.2, 0) is 0 Å². The van der Waals surface area contributed by atoms with E-state index in [0.29, 0.717) is 17.1 Å². The van der Waals surface area contributed by atoms with Crippen molar-refractivity contribution in [1.29, 1.82) is 0 Å². The maximum Gasteiger partial charge on any atom is 0.150 e. The molecule has 0 saturated carbocycles. The van der Waals surface area contributed by atoms with Crippen LogP contribution in [0.5, 0.6) is 0 Å². The highest BCUT2D eigenvalue weighted by Gasteiger charge is 2.30. The summed E-state index contributed by atoms with van der Waals surface area (Å²) in [5, 5.41) is 3.48. The summed E-state index contributed by atoms with van der Waals surface area (Å²) in [5.41, 5.74) is 0.114. The highest BCUT2D eigenvalue weighted by atomic mass is 79.9. The molecule has 1 aromatic rings. The van der Waals surface area contributed by atoms with Gasteiger partial charge in [0.1, 0.15) is 5.69 Å². The zero-order chi connectivity index (χ0) is 14.7. The standard InChI is InChI=1S/C15H21BrF2N2/c1-3-5-11-9-20(12(4-2)8-19-11)15-13(17)6-10(16)7-14(15)18/h6-7,11-12,19H,3-5,8-9H2,1-2H3. The van der Waals surface area contributed by atoms with Crippen molar-refractivity contribution < 1.29 is 8.78 Å². The van der Waals surface area contributed by atoms with Crippen LogP contribution in [0.2, 0.25) is 0 Å². The van der Waals surface area contributed by atoms with Crippen molar-refractivity contribution in [2.75, 3.05) is 18.0 Å². The minimum absolute atomic E-state index is 0.114. The molecule has 1 aliphatic heterocycles. The molecule has 2 nitrogen and oxygen atoms in total. The summed E-state index contributed by atoms with van der Waals surface area (Å²) in [7, 11) is 0. The molecular formula is C15H21BrF2N2. The molecule has 2 unspecified atom stereocenters. The Balaban J connectivity index is 2.31. The predicted molar refractivity (Wildman–Crippen MR) is 82.2 cm³/mol. The minimum Gasteiger partial charge on any atom is -0.361 e. The molecule has 1 aromatic carbocycles. The summed E-state index contributed by atoms with van der Waals surface area (Å²) in [5.74, 6) is -0.986. The Kier molecular flexibility index (Phi) is 5.38. The van der Waals surface area contributed by atoms with Gasteiger partial charge >= 0.3 is 0 Å². The quantitative estimate of drug-likeness (QED) is 0.883. The topological polar surface area (TPSA) is 15.3 Å². The van der Waals surface area contributed by atoms with E-state index in [2.05, 4.69) is 28.2 Å². The highest BCUT2D eigenvalue weighted by molar-refractivity contribution is 9.10. The first-order valence-corrected chi connectivity index (χ1v) is 8.00. The van der Waals surface area contributed by atoms with Gasteiger partial charge in [-0.25, -0.2) is 8.78 Å². The molecule has 0 aliphatic carbocycles. The largest absolute Gasteiger partial charge is 0.361 e. The Morgan fingerprint density at radius 2 is 1.95 bits per heavy atom. The van der Waals surface area contributed by atoms with Crippen LogP contribution in [-0.4, -0.2) is 25.2 Å². The van der Waals surface area contributed by atoms with Crippen molar-refractivity contribution in [3.8, 4) is 0 Å². The van der Waals surface area contributed by atoms with E-state index in [4.69, 9.17) is 0 Å². The molecule has 0 radical (unpaired) electrons. The fraction of sp³-hybridized carbons (Fsp3) is 0.600. The summed E-state index contributed by atoms with van der Waals surface area (Å²) in [6, 6.07) is 3.10. The normalized spacial score (nSPS) is 23.1. The van der Waals surface area contributed by atoms with Gasteiger partial charge in [0, 0.05) is 29.6 Å². The Bertz CT molecular complexity index is 444. The first-order valence-electron chi connectivity index (χ1n) is 7.21. The van der Waals surface area contributed by atoms with Crippen LogP contribution in [0.1, 0.15) is 33.1 Å². The summed E-state index contributed by atoms with van der Waals surface area (Å²) in [6.45, 7) is 5.60. The van der Waals surface area contributed by atoms with Crippen molar-refractivity contribution in [3.05, 3.63) is 28.2 Å². The fourth-order valence-electron chi connectivity index (χ4n) is 2.85. The third kappa shape index (κ3) is 3.31. The van der Waals surface area contributed by atoms with Crippen molar-refractivity contribution in [2.45, 2.75) is 45.2 Å². The number of anilines is 1. The Morgan fingerprint density at radius 3 is 2.50 bits per heavy atom. The molecule has 2 rings (SSSR count). The second kappa shape index (κ2) is 6.85. The van der Waals surface area contributed by atoms with Gasteiger partial charge in [0.2, 0.25) is 0 Å². The average molecular weight is 347 g/mol. The van der Waals surface area contributed by atoms with Gasteiger partial charge in [-0.1, -0.05) is 36.2 Å². The Morgan fingerprint density at radius 1 is 1.30 bits per heavy atom. The summed E-state index contributed by atoms with van der Waals surface area (Å²) in [4.78, 5) is 1.90. The number of nitrogens with zero attached hydrogens (tertiary/aromatic N) is 1. The molecule has 1 aliphatic rings. The van der Waals surface area contributed by atoms with Crippen LogP contribution in [0, 0.1) is 11.6 Å². The monoisotopic (exact) mass is 346 g/mol.